The van der Waals surface area contributed by atoms with Crippen molar-refractivity contribution >= 4 is 73.6 Å². The van der Waals surface area contributed by atoms with Crippen LogP contribution in [0.15, 0.2) is 154 Å². The number of thioether (sulfide) groups is 1. The molecular weight excluding hydrogens is 745 g/mol. The normalized spacial score (nSPS) is 11.7. The van der Waals surface area contributed by atoms with Crippen molar-refractivity contribution in [1.29, 1.82) is 0 Å². The molecule has 0 aliphatic heterocycles. The van der Waals surface area contributed by atoms with Gasteiger partial charge in [0.2, 0.25) is 5.91 Å². The summed E-state index contributed by atoms with van der Waals surface area (Å²) in [6.07, 6.45) is 1.62. The average Bonchev–Trinajstić information content (AvgIpc) is 3.63. The molecule has 51 heavy (non-hydrogen) atoms. The Balaban J connectivity index is 1.20. The number of anilines is 2. The van der Waals surface area contributed by atoms with E-state index in [0.717, 1.165) is 37.5 Å². The van der Waals surface area contributed by atoms with Crippen molar-refractivity contribution in [2.75, 3.05) is 17.7 Å². The Hall–Kier alpha value is -5.49. The standard InChI is InChI=1S/C40H31BrN4O4S2/c1-49-32-21-17-27(18-22-32)35-25-50-40(44-35)45-39(48)36(28-9-4-2-5-10-28)51-33-14-8-13-31(24-33)42-38(47)34(23-26-15-19-30(41)20-16-26)43-37(46)29-11-6-3-7-12-29/h2-25,36H,1H3,(H,42,47)(H,43,46)(H,44,45,48)/b34-23-. The number of amides is 3. The minimum atomic E-state index is -0.622. The molecule has 3 N–H and O–H groups in total. The van der Waals surface area contributed by atoms with Crippen LogP contribution in [0.3, 0.4) is 0 Å². The quantitative estimate of drug-likeness (QED) is 0.0845. The van der Waals surface area contributed by atoms with Crippen LogP contribution in [-0.4, -0.2) is 29.8 Å². The molecule has 0 radical (unpaired) electrons. The molecule has 6 aromatic rings. The van der Waals surface area contributed by atoms with Crippen LogP contribution < -0.4 is 20.7 Å². The van der Waals surface area contributed by atoms with Gasteiger partial charge in [0.15, 0.2) is 5.13 Å². The first kappa shape index (κ1) is 35.3. The van der Waals surface area contributed by atoms with Crippen LogP contribution in [-0.2, 0) is 9.59 Å². The molecule has 3 amide bonds. The van der Waals surface area contributed by atoms with E-state index in [1.165, 1.54) is 23.1 Å². The number of methoxy groups -OCH3 is 1. The number of ether oxygens (including phenoxy) is 1. The molecule has 1 unspecified atom stereocenters. The number of rotatable bonds is 12. The summed E-state index contributed by atoms with van der Waals surface area (Å²) in [5.74, 6) is -0.398. The highest BCUT2D eigenvalue weighted by molar-refractivity contribution is 9.10. The summed E-state index contributed by atoms with van der Waals surface area (Å²) >= 11 is 6.13. The first-order chi connectivity index (χ1) is 24.8. The molecular formula is C40H31BrN4O4S2. The highest BCUT2D eigenvalue weighted by atomic mass is 79.9. The number of carbonyl (C=O) groups excluding carboxylic acids is 3. The minimum Gasteiger partial charge on any atom is -0.497 e. The van der Waals surface area contributed by atoms with E-state index in [1.54, 1.807) is 55.7 Å². The van der Waals surface area contributed by atoms with Gasteiger partial charge >= 0.3 is 0 Å². The largest absolute Gasteiger partial charge is 0.497 e. The van der Waals surface area contributed by atoms with Gasteiger partial charge in [-0.05, 0) is 83.9 Å². The molecule has 11 heteroatoms. The fourth-order valence-electron chi connectivity index (χ4n) is 4.95. The Bertz CT molecular complexity index is 2160. The first-order valence-electron chi connectivity index (χ1n) is 15.7. The smallest absolute Gasteiger partial charge is 0.272 e. The number of carbonyl (C=O) groups is 3. The number of nitrogens with one attached hydrogen (secondary N) is 3. The van der Waals surface area contributed by atoms with Crippen LogP contribution in [0, 0.1) is 0 Å². The molecule has 1 atom stereocenters. The maximum atomic E-state index is 13.8. The van der Waals surface area contributed by atoms with Crippen molar-refractivity contribution in [3.63, 3.8) is 0 Å². The third-order valence-corrected chi connectivity index (χ3v) is 10.1. The summed E-state index contributed by atoms with van der Waals surface area (Å²) < 4.78 is 6.14. The van der Waals surface area contributed by atoms with E-state index in [9.17, 15) is 14.4 Å². The van der Waals surface area contributed by atoms with Gasteiger partial charge < -0.3 is 20.7 Å². The zero-order valence-corrected chi connectivity index (χ0v) is 30.4. The highest BCUT2D eigenvalue weighted by Gasteiger charge is 2.24. The van der Waals surface area contributed by atoms with E-state index >= 15 is 0 Å². The number of benzene rings is 5. The minimum absolute atomic E-state index is 0.0724. The molecule has 254 valence electrons. The van der Waals surface area contributed by atoms with Crippen molar-refractivity contribution in [2.24, 2.45) is 0 Å². The summed E-state index contributed by atoms with van der Waals surface area (Å²) in [7, 11) is 1.62. The Kier molecular flexibility index (Phi) is 11.7. The van der Waals surface area contributed by atoms with Gasteiger partial charge in [0.1, 0.15) is 16.7 Å². The van der Waals surface area contributed by atoms with Gasteiger partial charge in [0, 0.05) is 31.6 Å². The molecule has 0 aliphatic rings. The SMILES string of the molecule is COc1ccc(-c2csc(NC(=O)C(Sc3cccc(NC(=O)/C(=C/c4ccc(Br)cc4)NC(=O)c4ccccc4)c3)c3ccccc3)n2)cc1. The zero-order chi connectivity index (χ0) is 35.6. The molecule has 0 fully saturated rings. The molecule has 0 bridgehead atoms. The predicted octanol–water partition coefficient (Wildman–Crippen LogP) is 9.46. The second-order valence-corrected chi connectivity index (χ2v) is 14.0. The number of nitrogens with zero attached hydrogens (tertiary/aromatic N) is 1. The van der Waals surface area contributed by atoms with Crippen molar-refractivity contribution in [3.8, 4) is 17.0 Å². The van der Waals surface area contributed by atoms with Gasteiger partial charge in [-0.15, -0.1) is 23.1 Å². The molecule has 5 aromatic carbocycles. The Morgan fingerprint density at radius 2 is 1.53 bits per heavy atom. The Morgan fingerprint density at radius 3 is 2.24 bits per heavy atom. The first-order valence-corrected chi connectivity index (χ1v) is 18.3. The lowest BCUT2D eigenvalue weighted by Crippen LogP contribution is -2.30. The van der Waals surface area contributed by atoms with Crippen LogP contribution in [0.4, 0.5) is 10.8 Å². The van der Waals surface area contributed by atoms with Crippen LogP contribution in [0.25, 0.3) is 17.3 Å². The Labute approximate surface area is 312 Å². The number of halogens is 1. The van der Waals surface area contributed by atoms with Gasteiger partial charge in [-0.2, -0.15) is 0 Å². The van der Waals surface area contributed by atoms with Gasteiger partial charge in [-0.3, -0.25) is 14.4 Å². The van der Waals surface area contributed by atoms with Crippen molar-refractivity contribution in [2.45, 2.75) is 10.1 Å². The average molecular weight is 776 g/mol. The molecule has 6 rings (SSSR count). The zero-order valence-electron chi connectivity index (χ0n) is 27.2. The fraction of sp³-hybridized carbons (Fsp3) is 0.0500. The van der Waals surface area contributed by atoms with E-state index in [0.29, 0.717) is 16.4 Å². The van der Waals surface area contributed by atoms with Gasteiger partial charge in [0.25, 0.3) is 11.8 Å². The molecule has 0 aliphatic carbocycles. The number of aromatic nitrogens is 1. The van der Waals surface area contributed by atoms with Crippen LogP contribution >= 0.6 is 39.0 Å². The highest BCUT2D eigenvalue weighted by Crippen LogP contribution is 2.38. The number of hydrogen-bond acceptors (Lipinski definition) is 7. The topological polar surface area (TPSA) is 109 Å². The van der Waals surface area contributed by atoms with E-state index < -0.39 is 17.1 Å². The molecule has 1 heterocycles. The van der Waals surface area contributed by atoms with Crippen molar-refractivity contribution in [3.05, 3.63) is 166 Å². The van der Waals surface area contributed by atoms with Crippen LogP contribution in [0.5, 0.6) is 5.75 Å². The van der Waals surface area contributed by atoms with Crippen LogP contribution in [0.1, 0.15) is 26.7 Å². The van der Waals surface area contributed by atoms with Gasteiger partial charge in [-0.1, -0.05) is 82.7 Å². The number of thiazole rings is 1. The third-order valence-electron chi connectivity index (χ3n) is 7.52. The second kappa shape index (κ2) is 16.9. The Morgan fingerprint density at radius 1 is 0.824 bits per heavy atom. The van der Waals surface area contributed by atoms with Crippen molar-refractivity contribution in [1.82, 2.24) is 10.3 Å². The lowest BCUT2D eigenvalue weighted by molar-refractivity contribution is -0.116. The van der Waals surface area contributed by atoms with E-state index in [4.69, 9.17) is 4.74 Å². The summed E-state index contributed by atoms with van der Waals surface area (Å²) in [5, 5.41) is 10.4. The molecule has 1 aromatic heterocycles. The monoisotopic (exact) mass is 774 g/mol. The molecule has 0 saturated carbocycles. The van der Waals surface area contributed by atoms with Gasteiger partial charge in [0.05, 0.1) is 12.8 Å². The van der Waals surface area contributed by atoms with Crippen molar-refractivity contribution < 1.29 is 19.1 Å². The molecule has 0 spiro atoms. The lowest BCUT2D eigenvalue weighted by Gasteiger charge is -2.17. The maximum Gasteiger partial charge on any atom is 0.272 e. The second-order valence-electron chi connectivity index (χ2n) is 11.1. The number of hydrogen-bond donors (Lipinski definition) is 3. The maximum absolute atomic E-state index is 13.8. The van der Waals surface area contributed by atoms with E-state index in [1.807, 2.05) is 96.4 Å². The summed E-state index contributed by atoms with van der Waals surface area (Å²) in [6, 6.07) is 40.4. The molecule has 8 nitrogen and oxygen atoms in total. The van der Waals surface area contributed by atoms with Gasteiger partial charge in [-0.25, -0.2) is 4.98 Å². The lowest BCUT2D eigenvalue weighted by atomic mass is 10.1. The van der Waals surface area contributed by atoms with E-state index in [2.05, 4.69) is 36.9 Å². The van der Waals surface area contributed by atoms with Crippen LogP contribution in [0.2, 0.25) is 0 Å². The summed E-state index contributed by atoms with van der Waals surface area (Å²) in [5.41, 5.74) is 4.19. The predicted molar refractivity (Wildman–Crippen MR) is 209 cm³/mol. The van der Waals surface area contributed by atoms with E-state index in [-0.39, 0.29) is 11.6 Å². The molecule has 0 saturated heterocycles. The third kappa shape index (κ3) is 9.61. The fourth-order valence-corrected chi connectivity index (χ4v) is 7.02. The summed E-state index contributed by atoms with van der Waals surface area (Å²) in [4.78, 5) is 45.9. The summed E-state index contributed by atoms with van der Waals surface area (Å²) in [6.45, 7) is 0.